The van der Waals surface area contributed by atoms with Gasteiger partial charge in [0.2, 0.25) is 5.91 Å². The van der Waals surface area contributed by atoms with Gasteiger partial charge in [0.05, 0.1) is 19.3 Å². The fourth-order valence-corrected chi connectivity index (χ4v) is 2.33. The minimum Gasteiger partial charge on any atom is -0.365 e. The van der Waals surface area contributed by atoms with Gasteiger partial charge in [0.1, 0.15) is 0 Å². The van der Waals surface area contributed by atoms with E-state index in [1.165, 1.54) is 4.90 Å². The standard InChI is InChI=1S/C14H22N4O3/c1-17(2)14(20)12-10-18(6-7-21-12)13(19)5-3-4-11-8-15-16-9-11/h8-9,12H,3-7,10H2,1-2H3,(H,15,16). The number of carbonyl (C=O) groups is 2. The quantitative estimate of drug-likeness (QED) is 0.832. The molecule has 7 heteroatoms. The van der Waals surface area contributed by atoms with Crippen LogP contribution in [0, 0.1) is 0 Å². The van der Waals surface area contributed by atoms with E-state index >= 15 is 0 Å². The van der Waals surface area contributed by atoms with Crippen LogP contribution in [0.5, 0.6) is 0 Å². The summed E-state index contributed by atoms with van der Waals surface area (Å²) in [5.74, 6) is -0.00996. The lowest BCUT2D eigenvalue weighted by atomic mass is 10.1. The smallest absolute Gasteiger partial charge is 0.253 e. The number of aromatic amines is 1. The van der Waals surface area contributed by atoms with E-state index in [4.69, 9.17) is 4.74 Å². The van der Waals surface area contributed by atoms with Crippen LogP contribution < -0.4 is 0 Å². The first kappa shape index (κ1) is 15.5. The summed E-state index contributed by atoms with van der Waals surface area (Å²) in [7, 11) is 3.38. The van der Waals surface area contributed by atoms with Gasteiger partial charge in [-0.15, -0.1) is 0 Å². The van der Waals surface area contributed by atoms with Crippen LogP contribution in [0.4, 0.5) is 0 Å². The molecule has 1 atom stereocenters. The zero-order chi connectivity index (χ0) is 15.2. The Morgan fingerprint density at radius 2 is 2.33 bits per heavy atom. The van der Waals surface area contributed by atoms with Gasteiger partial charge in [-0.2, -0.15) is 5.10 Å². The van der Waals surface area contributed by atoms with Crippen molar-refractivity contribution in [1.82, 2.24) is 20.0 Å². The van der Waals surface area contributed by atoms with Gasteiger partial charge in [0.15, 0.2) is 6.10 Å². The number of morpholine rings is 1. The molecule has 2 amide bonds. The molecule has 2 heterocycles. The van der Waals surface area contributed by atoms with E-state index in [0.29, 0.717) is 26.1 Å². The molecule has 21 heavy (non-hydrogen) atoms. The second-order valence-electron chi connectivity index (χ2n) is 5.39. The molecule has 0 bridgehead atoms. The number of nitrogens with zero attached hydrogens (tertiary/aromatic N) is 3. The number of nitrogens with one attached hydrogen (secondary N) is 1. The topological polar surface area (TPSA) is 78.5 Å². The van der Waals surface area contributed by atoms with Crippen LogP contribution in [0.25, 0.3) is 0 Å². The molecule has 0 spiro atoms. The van der Waals surface area contributed by atoms with E-state index in [1.54, 1.807) is 25.2 Å². The molecule has 0 radical (unpaired) electrons. The Morgan fingerprint density at radius 1 is 1.52 bits per heavy atom. The van der Waals surface area contributed by atoms with Gasteiger partial charge in [0.25, 0.3) is 5.91 Å². The molecular weight excluding hydrogens is 272 g/mol. The van der Waals surface area contributed by atoms with Gasteiger partial charge in [-0.25, -0.2) is 0 Å². The van der Waals surface area contributed by atoms with E-state index in [2.05, 4.69) is 10.2 Å². The van der Waals surface area contributed by atoms with Gasteiger partial charge >= 0.3 is 0 Å². The Bertz CT molecular complexity index is 473. The molecule has 1 aromatic rings. The van der Waals surface area contributed by atoms with E-state index in [1.807, 2.05) is 6.20 Å². The minimum atomic E-state index is -0.536. The molecule has 1 aliphatic heterocycles. The largest absolute Gasteiger partial charge is 0.365 e. The minimum absolute atomic E-state index is 0.0818. The number of aromatic nitrogens is 2. The normalized spacial score (nSPS) is 18.6. The van der Waals surface area contributed by atoms with Crippen LogP contribution in [-0.2, 0) is 20.7 Å². The number of hydrogen-bond donors (Lipinski definition) is 1. The SMILES string of the molecule is CN(C)C(=O)C1CN(C(=O)CCCc2cn[nH]c2)CCO1. The van der Waals surface area contributed by atoms with E-state index in [9.17, 15) is 9.59 Å². The molecule has 1 N–H and O–H groups in total. The van der Waals surface area contributed by atoms with Crippen molar-refractivity contribution in [2.75, 3.05) is 33.8 Å². The zero-order valence-electron chi connectivity index (χ0n) is 12.5. The Labute approximate surface area is 124 Å². The summed E-state index contributed by atoms with van der Waals surface area (Å²) >= 11 is 0. The third-order valence-corrected chi connectivity index (χ3v) is 3.55. The predicted octanol–water partition coefficient (Wildman–Crippen LogP) is 0.0480. The summed E-state index contributed by atoms with van der Waals surface area (Å²) in [5.41, 5.74) is 1.10. The average Bonchev–Trinajstić information content (AvgIpc) is 2.99. The number of carbonyl (C=O) groups excluding carboxylic acids is 2. The van der Waals surface area contributed by atoms with Gasteiger partial charge in [-0.3, -0.25) is 14.7 Å². The number of likely N-dealkylation sites (N-methyl/N-ethyl adjacent to an activating group) is 1. The molecule has 1 aliphatic rings. The van der Waals surface area contributed by atoms with Crippen molar-refractivity contribution in [3.8, 4) is 0 Å². The molecule has 2 rings (SSSR count). The van der Waals surface area contributed by atoms with Crippen molar-refractivity contribution >= 4 is 11.8 Å². The van der Waals surface area contributed by atoms with Crippen molar-refractivity contribution in [3.63, 3.8) is 0 Å². The number of aryl methyl sites for hydroxylation is 1. The first-order valence-electron chi connectivity index (χ1n) is 7.16. The maximum Gasteiger partial charge on any atom is 0.253 e. The van der Waals surface area contributed by atoms with Gasteiger partial charge in [-0.05, 0) is 18.4 Å². The highest BCUT2D eigenvalue weighted by atomic mass is 16.5. The summed E-state index contributed by atoms with van der Waals surface area (Å²) in [6, 6.07) is 0. The van der Waals surface area contributed by atoms with Crippen molar-refractivity contribution in [2.24, 2.45) is 0 Å². The summed E-state index contributed by atoms with van der Waals surface area (Å²) in [6.45, 7) is 1.32. The molecule has 7 nitrogen and oxygen atoms in total. The van der Waals surface area contributed by atoms with Gasteiger partial charge < -0.3 is 14.5 Å². The van der Waals surface area contributed by atoms with Crippen LogP contribution in [0.2, 0.25) is 0 Å². The van der Waals surface area contributed by atoms with Crippen LogP contribution in [0.3, 0.4) is 0 Å². The third-order valence-electron chi connectivity index (χ3n) is 3.55. The van der Waals surface area contributed by atoms with Gasteiger partial charge in [0, 0.05) is 33.3 Å². The molecule has 0 saturated carbocycles. The zero-order valence-corrected chi connectivity index (χ0v) is 12.5. The number of rotatable bonds is 5. The van der Waals surface area contributed by atoms with Crippen LogP contribution in [-0.4, -0.2) is 71.7 Å². The molecule has 1 unspecified atom stereocenters. The third kappa shape index (κ3) is 4.29. The number of hydrogen-bond acceptors (Lipinski definition) is 4. The molecule has 0 aliphatic carbocycles. The molecule has 1 fully saturated rings. The Kier molecular flexibility index (Phi) is 5.32. The second kappa shape index (κ2) is 7.21. The fraction of sp³-hybridized carbons (Fsp3) is 0.643. The van der Waals surface area contributed by atoms with Crippen molar-refractivity contribution in [2.45, 2.75) is 25.4 Å². The van der Waals surface area contributed by atoms with Crippen LogP contribution in [0.15, 0.2) is 12.4 Å². The number of ether oxygens (including phenoxy) is 1. The van der Waals surface area contributed by atoms with E-state index < -0.39 is 6.10 Å². The van der Waals surface area contributed by atoms with E-state index in [0.717, 1.165) is 18.4 Å². The first-order chi connectivity index (χ1) is 10.1. The average molecular weight is 294 g/mol. The number of H-pyrrole nitrogens is 1. The van der Waals surface area contributed by atoms with Gasteiger partial charge in [-0.1, -0.05) is 0 Å². The summed E-state index contributed by atoms with van der Waals surface area (Å²) in [4.78, 5) is 27.3. The lowest BCUT2D eigenvalue weighted by Crippen LogP contribution is -2.51. The van der Waals surface area contributed by atoms with Crippen LogP contribution >= 0.6 is 0 Å². The highest BCUT2D eigenvalue weighted by molar-refractivity contribution is 5.82. The molecule has 1 aromatic heterocycles. The molecular formula is C14H22N4O3. The van der Waals surface area contributed by atoms with Crippen LogP contribution in [0.1, 0.15) is 18.4 Å². The van der Waals surface area contributed by atoms with Crippen molar-refractivity contribution < 1.29 is 14.3 Å². The highest BCUT2D eigenvalue weighted by Gasteiger charge is 2.29. The maximum atomic E-state index is 12.2. The lowest BCUT2D eigenvalue weighted by molar-refractivity contribution is -0.152. The Balaban J connectivity index is 1.77. The lowest BCUT2D eigenvalue weighted by Gasteiger charge is -2.33. The number of amides is 2. The highest BCUT2D eigenvalue weighted by Crippen LogP contribution is 2.11. The first-order valence-corrected chi connectivity index (χ1v) is 7.16. The molecule has 0 aromatic carbocycles. The second-order valence-corrected chi connectivity index (χ2v) is 5.39. The molecule has 116 valence electrons. The Hall–Kier alpha value is -1.89. The Morgan fingerprint density at radius 3 is 3.00 bits per heavy atom. The van der Waals surface area contributed by atoms with E-state index in [-0.39, 0.29) is 11.8 Å². The predicted molar refractivity (Wildman–Crippen MR) is 76.5 cm³/mol. The molecule has 1 saturated heterocycles. The summed E-state index contributed by atoms with van der Waals surface area (Å²) < 4.78 is 5.45. The summed E-state index contributed by atoms with van der Waals surface area (Å²) in [6.07, 6.45) is 5.16. The van der Waals surface area contributed by atoms with Crippen molar-refractivity contribution in [3.05, 3.63) is 18.0 Å². The summed E-state index contributed by atoms with van der Waals surface area (Å²) in [5, 5.41) is 6.63. The maximum absolute atomic E-state index is 12.2. The monoisotopic (exact) mass is 294 g/mol. The fourth-order valence-electron chi connectivity index (χ4n) is 2.33. The van der Waals surface area contributed by atoms with Crippen molar-refractivity contribution in [1.29, 1.82) is 0 Å².